The molecule has 2 heterocycles. The maximum Gasteiger partial charge on any atom is 0.316 e. The zero-order valence-corrected chi connectivity index (χ0v) is 10.7. The van der Waals surface area contributed by atoms with Crippen molar-refractivity contribution in [2.24, 2.45) is 5.92 Å². The summed E-state index contributed by atoms with van der Waals surface area (Å²) in [5.74, 6) is -1.69. The molecule has 20 heavy (non-hydrogen) atoms. The Hall–Kier alpha value is -2.44. The van der Waals surface area contributed by atoms with Gasteiger partial charge in [0.25, 0.3) is 0 Å². The first-order valence-corrected chi connectivity index (χ1v) is 6.10. The number of nitrogens with one attached hydrogen (secondary N) is 1. The number of fused-ring (bicyclic) bond motifs is 1. The summed E-state index contributed by atoms with van der Waals surface area (Å²) in [7, 11) is 1.49. The zero-order chi connectivity index (χ0) is 14.3. The van der Waals surface area contributed by atoms with E-state index in [1.807, 2.05) is 0 Å². The predicted molar refractivity (Wildman–Crippen MR) is 66.0 cm³/mol. The van der Waals surface area contributed by atoms with Crippen LogP contribution in [0.5, 0.6) is 17.2 Å². The normalized spacial score (nSPS) is 23.6. The standard InChI is InChI=1S/C13H13NO6/c1-18-8-2-6(3-9-11(8)20-5-19-9)7-4-14-12(15)10(7)13(16)17/h2-3,7,10H,4-5H2,1H3,(H,14,15)(H,16,17)/t7-,10-/m0/s1. The molecule has 0 aromatic heterocycles. The Morgan fingerprint density at radius 3 is 2.95 bits per heavy atom. The molecule has 3 rings (SSSR count). The average Bonchev–Trinajstić information content (AvgIpc) is 3.03. The van der Waals surface area contributed by atoms with Gasteiger partial charge in [-0.2, -0.15) is 0 Å². The molecule has 7 heteroatoms. The number of ether oxygens (including phenoxy) is 3. The minimum atomic E-state index is -1.14. The lowest BCUT2D eigenvalue weighted by Crippen LogP contribution is -2.26. The van der Waals surface area contributed by atoms with Crippen molar-refractivity contribution in [3.8, 4) is 17.2 Å². The summed E-state index contributed by atoms with van der Waals surface area (Å²) in [6.45, 7) is 0.373. The number of aliphatic carboxylic acids is 1. The molecule has 0 radical (unpaired) electrons. The maximum atomic E-state index is 11.6. The second kappa shape index (κ2) is 4.59. The van der Waals surface area contributed by atoms with Gasteiger partial charge in [-0.25, -0.2) is 0 Å². The van der Waals surface area contributed by atoms with E-state index < -0.39 is 23.7 Å². The van der Waals surface area contributed by atoms with Crippen LogP contribution in [0.15, 0.2) is 12.1 Å². The summed E-state index contributed by atoms with van der Waals surface area (Å²) in [5.41, 5.74) is 0.678. The highest BCUT2D eigenvalue weighted by Gasteiger charge is 2.42. The van der Waals surface area contributed by atoms with E-state index in [0.717, 1.165) is 0 Å². The number of carboxylic acids is 1. The summed E-state index contributed by atoms with van der Waals surface area (Å²) in [6.07, 6.45) is 0. The third kappa shape index (κ3) is 1.82. The highest BCUT2D eigenvalue weighted by molar-refractivity contribution is 6.00. The van der Waals surface area contributed by atoms with Crippen LogP contribution in [0.1, 0.15) is 11.5 Å². The van der Waals surface area contributed by atoms with E-state index in [1.54, 1.807) is 12.1 Å². The van der Waals surface area contributed by atoms with Crippen molar-refractivity contribution >= 4 is 11.9 Å². The smallest absolute Gasteiger partial charge is 0.316 e. The van der Waals surface area contributed by atoms with Crippen LogP contribution in [0, 0.1) is 5.92 Å². The maximum absolute atomic E-state index is 11.6. The van der Waals surface area contributed by atoms with E-state index >= 15 is 0 Å². The highest BCUT2D eigenvalue weighted by Crippen LogP contribution is 2.44. The third-order valence-corrected chi connectivity index (χ3v) is 3.56. The fraction of sp³-hybridized carbons (Fsp3) is 0.385. The fourth-order valence-corrected chi connectivity index (χ4v) is 2.58. The number of carbonyl (C=O) groups excluding carboxylic acids is 1. The van der Waals surface area contributed by atoms with Crippen molar-refractivity contribution in [2.45, 2.75) is 5.92 Å². The van der Waals surface area contributed by atoms with Gasteiger partial charge in [-0.1, -0.05) is 0 Å². The first-order chi connectivity index (χ1) is 9.61. The topological polar surface area (TPSA) is 94.1 Å². The average molecular weight is 279 g/mol. The molecule has 1 aromatic carbocycles. The Kier molecular flexibility index (Phi) is 2.89. The number of carboxylic acid groups (broad SMARTS) is 1. The Morgan fingerprint density at radius 2 is 2.25 bits per heavy atom. The van der Waals surface area contributed by atoms with Crippen LogP contribution in [0.2, 0.25) is 0 Å². The second-order valence-electron chi connectivity index (χ2n) is 4.62. The van der Waals surface area contributed by atoms with E-state index in [1.165, 1.54) is 7.11 Å². The van der Waals surface area contributed by atoms with Crippen LogP contribution in [-0.4, -0.2) is 37.4 Å². The number of rotatable bonds is 3. The highest BCUT2D eigenvalue weighted by atomic mass is 16.7. The molecule has 0 saturated carbocycles. The molecule has 2 aliphatic heterocycles. The SMILES string of the molecule is COc1cc([C@@H]2CNC(=O)[C@H]2C(=O)O)cc2c1OCO2. The Balaban J connectivity index is 2.02. The number of hydrogen-bond donors (Lipinski definition) is 2. The molecule has 7 nitrogen and oxygen atoms in total. The molecule has 1 aromatic rings. The number of methoxy groups -OCH3 is 1. The number of hydrogen-bond acceptors (Lipinski definition) is 5. The van der Waals surface area contributed by atoms with Gasteiger partial charge in [0.15, 0.2) is 11.5 Å². The molecule has 1 fully saturated rings. The van der Waals surface area contributed by atoms with Gasteiger partial charge in [0.2, 0.25) is 18.4 Å². The predicted octanol–water partition coefficient (Wildman–Crippen LogP) is 0.338. The lowest BCUT2D eigenvalue weighted by atomic mass is 9.88. The van der Waals surface area contributed by atoms with Crippen LogP contribution in [0.4, 0.5) is 0 Å². The molecule has 0 aliphatic carbocycles. The number of amides is 1. The lowest BCUT2D eigenvalue weighted by Gasteiger charge is -2.15. The molecule has 106 valence electrons. The molecule has 2 atom stereocenters. The Bertz CT molecular complexity index is 584. The number of carbonyl (C=O) groups is 2. The van der Waals surface area contributed by atoms with Gasteiger partial charge in [-0.05, 0) is 17.7 Å². The summed E-state index contributed by atoms with van der Waals surface area (Å²) in [6, 6.07) is 3.39. The first kappa shape index (κ1) is 12.6. The molecule has 2 N–H and O–H groups in total. The van der Waals surface area contributed by atoms with E-state index in [-0.39, 0.29) is 13.3 Å². The van der Waals surface area contributed by atoms with Crippen LogP contribution >= 0.6 is 0 Å². The van der Waals surface area contributed by atoms with Gasteiger partial charge in [0.05, 0.1) is 7.11 Å². The summed E-state index contributed by atoms with van der Waals surface area (Å²) >= 11 is 0. The Labute approximate surface area is 114 Å². The molecule has 0 bridgehead atoms. The third-order valence-electron chi connectivity index (χ3n) is 3.56. The molecular formula is C13H13NO6. The molecule has 1 amide bonds. The van der Waals surface area contributed by atoms with Crippen molar-refractivity contribution in [1.82, 2.24) is 5.32 Å². The minimum Gasteiger partial charge on any atom is -0.493 e. The molecule has 0 unspecified atom stereocenters. The molecule has 0 spiro atoms. The quantitative estimate of drug-likeness (QED) is 0.775. The molecule has 2 aliphatic rings. The zero-order valence-electron chi connectivity index (χ0n) is 10.7. The Morgan fingerprint density at radius 1 is 1.45 bits per heavy atom. The summed E-state index contributed by atoms with van der Waals surface area (Å²) in [4.78, 5) is 22.8. The van der Waals surface area contributed by atoms with Gasteiger partial charge in [0.1, 0.15) is 5.92 Å². The van der Waals surface area contributed by atoms with Crippen molar-refractivity contribution in [3.63, 3.8) is 0 Å². The van der Waals surface area contributed by atoms with Crippen LogP contribution < -0.4 is 19.5 Å². The van der Waals surface area contributed by atoms with Crippen molar-refractivity contribution < 1.29 is 28.9 Å². The van der Waals surface area contributed by atoms with Crippen LogP contribution in [0.3, 0.4) is 0 Å². The van der Waals surface area contributed by atoms with E-state index in [2.05, 4.69) is 5.32 Å². The van der Waals surface area contributed by atoms with Crippen molar-refractivity contribution in [1.29, 1.82) is 0 Å². The second-order valence-corrected chi connectivity index (χ2v) is 4.62. The summed E-state index contributed by atoms with van der Waals surface area (Å²) in [5, 5.41) is 11.8. The van der Waals surface area contributed by atoms with Gasteiger partial charge in [-0.3, -0.25) is 9.59 Å². The van der Waals surface area contributed by atoms with Gasteiger partial charge < -0.3 is 24.6 Å². The van der Waals surface area contributed by atoms with Crippen molar-refractivity contribution in [3.05, 3.63) is 17.7 Å². The van der Waals surface area contributed by atoms with Crippen LogP contribution in [-0.2, 0) is 9.59 Å². The first-order valence-electron chi connectivity index (χ1n) is 6.10. The van der Waals surface area contributed by atoms with E-state index in [0.29, 0.717) is 22.8 Å². The fourth-order valence-electron chi connectivity index (χ4n) is 2.58. The monoisotopic (exact) mass is 279 g/mol. The van der Waals surface area contributed by atoms with E-state index in [9.17, 15) is 14.7 Å². The molecule has 1 saturated heterocycles. The van der Waals surface area contributed by atoms with Crippen LogP contribution in [0.25, 0.3) is 0 Å². The van der Waals surface area contributed by atoms with Crippen molar-refractivity contribution in [2.75, 3.05) is 20.4 Å². The van der Waals surface area contributed by atoms with E-state index in [4.69, 9.17) is 14.2 Å². The van der Waals surface area contributed by atoms with Gasteiger partial charge >= 0.3 is 5.97 Å². The molecular weight excluding hydrogens is 266 g/mol. The largest absolute Gasteiger partial charge is 0.493 e. The minimum absolute atomic E-state index is 0.0966. The van der Waals surface area contributed by atoms with Gasteiger partial charge in [-0.15, -0.1) is 0 Å². The number of benzene rings is 1. The lowest BCUT2D eigenvalue weighted by molar-refractivity contribution is -0.145. The summed E-state index contributed by atoms with van der Waals surface area (Å²) < 4.78 is 15.8. The van der Waals surface area contributed by atoms with Gasteiger partial charge in [0, 0.05) is 12.5 Å².